The van der Waals surface area contributed by atoms with Crippen LogP contribution in [0, 0.1) is 6.92 Å². The molecule has 0 bridgehead atoms. The SMILES string of the molecule is Cc1cc(S(=O)(=O)NCCN(C)C(C)C)cc(N)c1Cl. The van der Waals surface area contributed by atoms with E-state index in [1.165, 1.54) is 12.1 Å². The molecule has 7 heteroatoms. The number of nitrogens with zero attached hydrogens (tertiary/aromatic N) is 1. The van der Waals surface area contributed by atoms with Crippen LogP contribution in [0.2, 0.25) is 5.02 Å². The topological polar surface area (TPSA) is 75.4 Å². The molecule has 0 radical (unpaired) electrons. The number of rotatable bonds is 6. The minimum absolute atomic E-state index is 0.143. The van der Waals surface area contributed by atoms with Crippen LogP contribution in [0.4, 0.5) is 5.69 Å². The van der Waals surface area contributed by atoms with Gasteiger partial charge in [0.25, 0.3) is 0 Å². The zero-order valence-electron chi connectivity index (χ0n) is 12.3. The van der Waals surface area contributed by atoms with E-state index in [2.05, 4.69) is 23.5 Å². The number of benzene rings is 1. The van der Waals surface area contributed by atoms with Crippen LogP contribution >= 0.6 is 11.6 Å². The van der Waals surface area contributed by atoms with Crippen LogP contribution in [-0.2, 0) is 10.0 Å². The second-order valence-electron chi connectivity index (χ2n) is 5.12. The summed E-state index contributed by atoms with van der Waals surface area (Å²) in [5.74, 6) is 0. The van der Waals surface area contributed by atoms with Gasteiger partial charge in [0.1, 0.15) is 0 Å². The van der Waals surface area contributed by atoms with E-state index < -0.39 is 10.0 Å². The fourth-order valence-corrected chi connectivity index (χ4v) is 2.87. The van der Waals surface area contributed by atoms with Crippen LogP contribution in [0.15, 0.2) is 17.0 Å². The summed E-state index contributed by atoms with van der Waals surface area (Å²) in [4.78, 5) is 2.20. The van der Waals surface area contributed by atoms with E-state index in [1.807, 2.05) is 7.05 Å². The van der Waals surface area contributed by atoms with Crippen molar-refractivity contribution >= 4 is 27.3 Å². The lowest BCUT2D eigenvalue weighted by molar-refractivity contribution is 0.278. The van der Waals surface area contributed by atoms with Gasteiger partial charge in [-0.05, 0) is 45.5 Å². The summed E-state index contributed by atoms with van der Waals surface area (Å²) in [5, 5.41) is 0.392. The summed E-state index contributed by atoms with van der Waals surface area (Å²) in [5.41, 5.74) is 6.62. The van der Waals surface area contributed by atoms with E-state index in [0.717, 1.165) is 0 Å². The molecule has 0 aliphatic rings. The summed E-state index contributed by atoms with van der Waals surface area (Å²) in [6.45, 7) is 6.82. The highest BCUT2D eigenvalue weighted by atomic mass is 35.5. The van der Waals surface area contributed by atoms with Gasteiger partial charge in [-0.1, -0.05) is 11.6 Å². The monoisotopic (exact) mass is 319 g/mol. The predicted octanol–water partition coefficient (Wildman–Crippen LogP) is 1.85. The van der Waals surface area contributed by atoms with Crippen LogP contribution < -0.4 is 10.5 Å². The molecule has 3 N–H and O–H groups in total. The number of sulfonamides is 1. The number of nitrogen functional groups attached to an aromatic ring is 1. The van der Waals surface area contributed by atoms with Crippen LogP contribution in [-0.4, -0.2) is 39.5 Å². The molecule has 0 unspecified atom stereocenters. The van der Waals surface area contributed by atoms with Gasteiger partial charge in [-0.15, -0.1) is 0 Å². The van der Waals surface area contributed by atoms with Crippen molar-refractivity contribution in [3.05, 3.63) is 22.7 Å². The molecule has 0 heterocycles. The Morgan fingerprint density at radius 2 is 2.00 bits per heavy atom. The Labute approximate surface area is 126 Å². The third kappa shape index (κ3) is 4.34. The van der Waals surface area contributed by atoms with Crippen molar-refractivity contribution in [3.63, 3.8) is 0 Å². The lowest BCUT2D eigenvalue weighted by Crippen LogP contribution is -2.36. The highest BCUT2D eigenvalue weighted by Gasteiger charge is 2.16. The van der Waals surface area contributed by atoms with Crippen molar-refractivity contribution in [2.75, 3.05) is 25.9 Å². The minimum atomic E-state index is -3.56. The van der Waals surface area contributed by atoms with Crippen molar-refractivity contribution in [3.8, 4) is 0 Å². The molecule has 20 heavy (non-hydrogen) atoms. The third-order valence-corrected chi connectivity index (χ3v) is 5.16. The summed E-state index contributed by atoms with van der Waals surface area (Å²) in [6.07, 6.45) is 0. The Morgan fingerprint density at radius 1 is 1.40 bits per heavy atom. The number of nitrogens with two attached hydrogens (primary N) is 1. The summed E-state index contributed by atoms with van der Waals surface area (Å²) in [7, 11) is -1.61. The van der Waals surface area contributed by atoms with Crippen LogP contribution in [0.1, 0.15) is 19.4 Å². The maximum atomic E-state index is 12.2. The number of likely N-dealkylation sites (N-methyl/N-ethyl adjacent to an activating group) is 1. The Kier molecular flexibility index (Phi) is 5.82. The molecule has 0 saturated heterocycles. The second kappa shape index (κ2) is 6.76. The summed E-state index contributed by atoms with van der Waals surface area (Å²) in [6, 6.07) is 3.27. The van der Waals surface area contributed by atoms with Gasteiger partial charge >= 0.3 is 0 Å². The summed E-state index contributed by atoms with van der Waals surface area (Å²) >= 11 is 5.93. The number of aryl methyl sites for hydroxylation is 1. The first-order chi connectivity index (χ1) is 9.15. The van der Waals surface area contributed by atoms with Crippen molar-refractivity contribution in [2.24, 2.45) is 0 Å². The van der Waals surface area contributed by atoms with Gasteiger partial charge in [0.15, 0.2) is 0 Å². The second-order valence-corrected chi connectivity index (χ2v) is 7.26. The van der Waals surface area contributed by atoms with E-state index in [0.29, 0.717) is 29.7 Å². The third-order valence-electron chi connectivity index (χ3n) is 3.20. The van der Waals surface area contributed by atoms with E-state index in [1.54, 1.807) is 6.92 Å². The van der Waals surface area contributed by atoms with E-state index in [-0.39, 0.29) is 10.6 Å². The molecule has 0 amide bonds. The Balaban J connectivity index is 2.80. The van der Waals surface area contributed by atoms with Gasteiger partial charge in [-0.3, -0.25) is 0 Å². The average Bonchev–Trinajstić information content (AvgIpc) is 2.34. The fourth-order valence-electron chi connectivity index (χ4n) is 1.62. The van der Waals surface area contributed by atoms with E-state index in [9.17, 15) is 8.42 Å². The average molecular weight is 320 g/mol. The molecule has 0 aliphatic heterocycles. The zero-order chi connectivity index (χ0) is 15.5. The quantitative estimate of drug-likeness (QED) is 0.785. The highest BCUT2D eigenvalue weighted by Crippen LogP contribution is 2.26. The maximum absolute atomic E-state index is 12.2. The van der Waals surface area contributed by atoms with E-state index >= 15 is 0 Å². The fraction of sp³-hybridized carbons (Fsp3) is 0.538. The van der Waals surface area contributed by atoms with Gasteiger partial charge in [-0.25, -0.2) is 13.1 Å². The van der Waals surface area contributed by atoms with Crippen molar-refractivity contribution in [1.29, 1.82) is 0 Å². The molecule has 1 aromatic carbocycles. The summed E-state index contributed by atoms with van der Waals surface area (Å²) < 4.78 is 26.9. The first-order valence-electron chi connectivity index (χ1n) is 6.40. The Morgan fingerprint density at radius 3 is 2.50 bits per heavy atom. The van der Waals surface area contributed by atoms with Crippen molar-refractivity contribution < 1.29 is 8.42 Å². The normalized spacial score (nSPS) is 12.3. The lowest BCUT2D eigenvalue weighted by atomic mass is 10.2. The van der Waals surface area contributed by atoms with Gasteiger partial charge in [0.05, 0.1) is 15.6 Å². The molecule has 0 spiro atoms. The molecule has 0 atom stereocenters. The van der Waals surface area contributed by atoms with Gasteiger partial charge in [0.2, 0.25) is 10.0 Å². The smallest absolute Gasteiger partial charge is 0.240 e. The Bertz CT molecular complexity index is 550. The van der Waals surface area contributed by atoms with Crippen LogP contribution in [0.5, 0.6) is 0 Å². The maximum Gasteiger partial charge on any atom is 0.240 e. The molecule has 5 nitrogen and oxygen atoms in total. The van der Waals surface area contributed by atoms with Crippen molar-refractivity contribution in [1.82, 2.24) is 9.62 Å². The molecule has 1 aromatic rings. The van der Waals surface area contributed by atoms with Crippen LogP contribution in [0.3, 0.4) is 0 Å². The molecule has 0 fully saturated rings. The van der Waals surface area contributed by atoms with Gasteiger partial charge in [0, 0.05) is 19.1 Å². The molecule has 1 rings (SSSR count). The lowest BCUT2D eigenvalue weighted by Gasteiger charge is -2.21. The molecule has 0 saturated carbocycles. The molecular weight excluding hydrogens is 298 g/mol. The van der Waals surface area contributed by atoms with Crippen molar-refractivity contribution in [2.45, 2.75) is 31.7 Å². The first kappa shape index (κ1) is 17.2. The number of hydrogen-bond donors (Lipinski definition) is 2. The number of halogens is 1. The number of nitrogens with one attached hydrogen (secondary N) is 1. The molecule has 0 aliphatic carbocycles. The zero-order valence-corrected chi connectivity index (χ0v) is 13.8. The standard InChI is InChI=1S/C13H22ClN3O2S/c1-9(2)17(4)6-5-16-20(18,19)11-7-10(3)13(14)12(15)8-11/h7-9,16H,5-6,15H2,1-4H3. The van der Waals surface area contributed by atoms with E-state index in [4.69, 9.17) is 17.3 Å². The number of anilines is 1. The highest BCUT2D eigenvalue weighted by molar-refractivity contribution is 7.89. The number of hydrogen-bond acceptors (Lipinski definition) is 4. The molecule has 0 aromatic heterocycles. The molecular formula is C13H22ClN3O2S. The first-order valence-corrected chi connectivity index (χ1v) is 8.26. The minimum Gasteiger partial charge on any atom is -0.397 e. The molecule has 114 valence electrons. The largest absolute Gasteiger partial charge is 0.397 e. The van der Waals surface area contributed by atoms with Gasteiger partial charge < -0.3 is 10.6 Å². The predicted molar refractivity (Wildman–Crippen MR) is 83.6 cm³/mol. The Hall–Kier alpha value is -0.820. The van der Waals surface area contributed by atoms with Gasteiger partial charge in [-0.2, -0.15) is 0 Å². The van der Waals surface area contributed by atoms with Crippen LogP contribution in [0.25, 0.3) is 0 Å².